The number of hydrogen-bond donors (Lipinski definition) is 4. The van der Waals surface area contributed by atoms with E-state index in [9.17, 15) is 48.0 Å². The van der Waals surface area contributed by atoms with Gasteiger partial charge in [0.1, 0.15) is 68.5 Å². The highest BCUT2D eigenvalue weighted by atomic mass is 32.3. The average Bonchev–Trinajstić information content (AvgIpc) is 3.90. The van der Waals surface area contributed by atoms with E-state index in [-0.39, 0.29) is 64.0 Å². The first kappa shape index (κ1) is 56.5. The molecular weight excluding hydrogens is 1070 g/mol. The van der Waals surface area contributed by atoms with Crippen molar-refractivity contribution < 1.29 is 81.9 Å². The number of benzene rings is 6. The molecule has 0 fully saturated rings. The minimum Gasteiger partial charge on any atom is -0.490 e. The van der Waals surface area contributed by atoms with Crippen molar-refractivity contribution in [2.45, 2.75) is 50.3 Å². The Kier molecular flexibility index (Phi) is 19.5. The molecule has 0 radical (unpaired) electrons. The molecular formula is C51H47F3N2O15S4. The summed E-state index contributed by atoms with van der Waals surface area (Å²) in [6.07, 6.45) is -4.37. The normalized spacial score (nSPS) is 11.6. The zero-order valence-corrected chi connectivity index (χ0v) is 42.5. The molecule has 0 aliphatic carbocycles. The second-order valence-electron chi connectivity index (χ2n) is 15.5. The van der Waals surface area contributed by atoms with Crippen molar-refractivity contribution in [1.29, 1.82) is 0 Å². The summed E-state index contributed by atoms with van der Waals surface area (Å²) in [4.78, 5) is 21.1. The minimum atomic E-state index is -5.05. The van der Waals surface area contributed by atoms with Crippen molar-refractivity contribution in [3.05, 3.63) is 175 Å². The van der Waals surface area contributed by atoms with Crippen molar-refractivity contribution in [1.82, 2.24) is 0 Å². The third-order valence-electron chi connectivity index (χ3n) is 10.1. The average molecular weight is 1110 g/mol. The van der Waals surface area contributed by atoms with E-state index in [0.29, 0.717) is 47.2 Å². The van der Waals surface area contributed by atoms with Crippen molar-refractivity contribution >= 4 is 64.5 Å². The van der Waals surface area contributed by atoms with Crippen LogP contribution in [0, 0.1) is 0 Å². The Morgan fingerprint density at radius 2 is 0.893 bits per heavy atom. The highest BCUT2D eigenvalue weighted by molar-refractivity contribution is 7.96. The van der Waals surface area contributed by atoms with E-state index < -0.39 is 58.8 Å². The van der Waals surface area contributed by atoms with Gasteiger partial charge in [0.05, 0.1) is 4.90 Å². The standard InChI is InChI=1S/C27H25NO8S3.C24H22F3NO7S/c29-25(30)15-10-20-6-4-5-9-24(20)36-19-18-35-22-13-11-21(12-14-22)28-39(33,34)27-17-16-26(37-27)38(31,32)23-7-2-1-3-8-23;25-24(26,27)35-21-7-3-4-8-22(21)36(31,32)28-18-10-12-19(13-11-18)33-15-16-34-20-6-2-1-5-17(20)9-14-23(29)30/h1-9,11-14,16-17,28H,10,15,18-19H2,(H,29,30);1-8,10-13,28H,9,14-16H2,(H,29,30). The molecule has 24 heteroatoms. The zero-order valence-electron chi connectivity index (χ0n) is 39.2. The minimum absolute atomic E-state index is 0.00735. The molecule has 75 heavy (non-hydrogen) atoms. The van der Waals surface area contributed by atoms with Gasteiger partial charge in [0.15, 0.2) is 0 Å². The quantitative estimate of drug-likeness (QED) is 0.0389. The number of halogens is 3. The van der Waals surface area contributed by atoms with Gasteiger partial charge in [-0.15, -0.1) is 24.5 Å². The molecule has 6 aromatic carbocycles. The van der Waals surface area contributed by atoms with Crippen molar-refractivity contribution in [2.24, 2.45) is 0 Å². The van der Waals surface area contributed by atoms with Crippen LogP contribution in [-0.4, -0.2) is 80.2 Å². The van der Waals surface area contributed by atoms with Crippen molar-refractivity contribution in [3.8, 4) is 28.7 Å². The van der Waals surface area contributed by atoms with Crippen LogP contribution in [0.5, 0.6) is 28.7 Å². The highest BCUT2D eigenvalue weighted by Gasteiger charge is 2.34. The van der Waals surface area contributed by atoms with Crippen molar-refractivity contribution in [3.63, 3.8) is 0 Å². The molecule has 17 nitrogen and oxygen atoms in total. The molecule has 0 aliphatic heterocycles. The number of ether oxygens (including phenoxy) is 5. The molecule has 1 heterocycles. The lowest BCUT2D eigenvalue weighted by atomic mass is 10.1. The fourth-order valence-electron chi connectivity index (χ4n) is 6.65. The van der Waals surface area contributed by atoms with Crippen LogP contribution in [0.15, 0.2) is 182 Å². The van der Waals surface area contributed by atoms with E-state index in [1.54, 1.807) is 66.7 Å². The SMILES string of the molecule is O=C(O)CCc1ccccc1OCCOc1ccc(NS(=O)(=O)c2ccc(S(=O)(=O)c3ccccc3)s2)cc1.O=C(O)CCc1ccccc1OCCOc1ccc(NS(=O)(=O)c2ccccc2OC(F)(F)F)cc1. The number of sulfone groups is 1. The van der Waals surface area contributed by atoms with Crippen LogP contribution >= 0.6 is 11.3 Å². The molecule has 0 spiro atoms. The van der Waals surface area contributed by atoms with Gasteiger partial charge in [-0.1, -0.05) is 66.7 Å². The lowest BCUT2D eigenvalue weighted by Crippen LogP contribution is -2.20. The molecule has 0 saturated heterocycles. The smallest absolute Gasteiger partial charge is 0.490 e. The fraction of sp³-hybridized carbons (Fsp3) is 0.176. The summed E-state index contributed by atoms with van der Waals surface area (Å²) in [7, 11) is -12.2. The largest absolute Gasteiger partial charge is 0.573 e. The summed E-state index contributed by atoms with van der Waals surface area (Å²) >= 11 is 0.675. The molecule has 0 aliphatic rings. The van der Waals surface area contributed by atoms with Crippen LogP contribution in [0.4, 0.5) is 24.5 Å². The van der Waals surface area contributed by atoms with Gasteiger partial charge < -0.3 is 33.9 Å². The van der Waals surface area contributed by atoms with E-state index in [0.717, 1.165) is 23.3 Å². The van der Waals surface area contributed by atoms with Crippen LogP contribution in [0.1, 0.15) is 24.0 Å². The van der Waals surface area contributed by atoms with E-state index in [1.807, 2.05) is 12.1 Å². The summed E-state index contributed by atoms with van der Waals surface area (Å²) in [5, 5.41) is 17.7. The predicted octanol–water partition coefficient (Wildman–Crippen LogP) is 9.72. The number of aliphatic carboxylic acids is 2. The molecule has 0 bridgehead atoms. The number of sulfonamides is 2. The second-order valence-corrected chi connectivity index (χ2v) is 22.4. The number of nitrogens with one attached hydrogen (secondary N) is 2. The molecule has 0 saturated carbocycles. The number of para-hydroxylation sites is 3. The van der Waals surface area contributed by atoms with Crippen LogP contribution in [0.2, 0.25) is 0 Å². The van der Waals surface area contributed by atoms with Gasteiger partial charge in [-0.2, -0.15) is 0 Å². The van der Waals surface area contributed by atoms with E-state index in [4.69, 9.17) is 29.2 Å². The first-order valence-corrected chi connectivity index (χ1v) is 27.6. The Balaban J connectivity index is 0.000000245. The summed E-state index contributed by atoms with van der Waals surface area (Å²) < 4.78 is 145. The van der Waals surface area contributed by atoms with Crippen LogP contribution in [0.3, 0.4) is 0 Å². The third-order valence-corrected chi connectivity index (χ3v) is 16.7. The van der Waals surface area contributed by atoms with Crippen LogP contribution < -0.4 is 33.1 Å². The van der Waals surface area contributed by atoms with Gasteiger partial charge in [0, 0.05) is 24.2 Å². The summed E-state index contributed by atoms with van der Waals surface area (Å²) in [6, 6.07) is 41.1. The number of anilines is 2. The maximum Gasteiger partial charge on any atom is 0.573 e. The Labute approximate surface area is 434 Å². The molecule has 4 N–H and O–H groups in total. The number of alkyl halides is 3. The number of carboxylic acids is 2. The Hall–Kier alpha value is -7.80. The maximum atomic E-state index is 12.8. The second kappa shape index (κ2) is 25.9. The molecule has 1 aromatic heterocycles. The Morgan fingerprint density at radius 3 is 1.37 bits per heavy atom. The first-order valence-electron chi connectivity index (χ1n) is 22.3. The number of thiophene rings is 1. The number of carbonyl (C=O) groups is 2. The molecule has 7 rings (SSSR count). The van der Waals surface area contributed by atoms with Gasteiger partial charge in [-0.3, -0.25) is 19.0 Å². The highest BCUT2D eigenvalue weighted by Crippen LogP contribution is 2.33. The lowest BCUT2D eigenvalue weighted by Gasteiger charge is -2.15. The first-order chi connectivity index (χ1) is 35.7. The molecule has 7 aromatic rings. The van der Waals surface area contributed by atoms with E-state index in [2.05, 4.69) is 14.2 Å². The van der Waals surface area contributed by atoms with Gasteiger partial charge in [0.25, 0.3) is 20.0 Å². The third kappa shape index (κ3) is 17.4. The number of aryl methyl sites for hydroxylation is 2. The van der Waals surface area contributed by atoms with Crippen LogP contribution in [0.25, 0.3) is 0 Å². The maximum absolute atomic E-state index is 12.8. The Bertz CT molecular complexity index is 3360. The Morgan fingerprint density at radius 1 is 0.480 bits per heavy atom. The fourth-order valence-corrected chi connectivity index (χ4v) is 12.1. The summed E-state index contributed by atoms with van der Waals surface area (Å²) in [5.74, 6) is -0.577. The predicted molar refractivity (Wildman–Crippen MR) is 271 cm³/mol. The number of hydrogen-bond acceptors (Lipinski definition) is 14. The van der Waals surface area contributed by atoms with Gasteiger partial charge in [0.2, 0.25) is 9.84 Å². The summed E-state index contributed by atoms with van der Waals surface area (Å²) in [5.41, 5.74) is 1.95. The van der Waals surface area contributed by atoms with E-state index >= 15 is 0 Å². The monoisotopic (exact) mass is 1110 g/mol. The van der Waals surface area contributed by atoms with Crippen LogP contribution in [-0.2, 0) is 52.3 Å². The summed E-state index contributed by atoms with van der Waals surface area (Å²) in [6.45, 7) is 0.770. The lowest BCUT2D eigenvalue weighted by molar-refractivity contribution is -0.275. The van der Waals surface area contributed by atoms with E-state index in [1.165, 1.54) is 72.8 Å². The van der Waals surface area contributed by atoms with Gasteiger partial charge >= 0.3 is 18.3 Å². The van der Waals surface area contributed by atoms with Gasteiger partial charge in [-0.25, -0.2) is 25.3 Å². The van der Waals surface area contributed by atoms with Gasteiger partial charge in [-0.05, 0) is 121 Å². The zero-order chi connectivity index (χ0) is 54.1. The number of carboxylic acid groups (broad SMARTS) is 2. The van der Waals surface area contributed by atoms with Crippen molar-refractivity contribution in [2.75, 3.05) is 35.9 Å². The molecule has 0 unspecified atom stereocenters. The topological polar surface area (TPSA) is 247 Å². The molecule has 0 amide bonds. The molecule has 396 valence electrons. The molecule has 0 atom stereocenters. The number of rotatable bonds is 25.